The summed E-state index contributed by atoms with van der Waals surface area (Å²) in [5.41, 5.74) is -0.312. The van der Waals surface area contributed by atoms with E-state index in [-0.39, 0.29) is 17.6 Å². The second-order valence-corrected chi connectivity index (χ2v) is 7.50. The highest BCUT2D eigenvalue weighted by Gasteiger charge is 2.38. The fourth-order valence-electron chi connectivity index (χ4n) is 2.89. The molecule has 0 aromatic carbocycles. The Balaban J connectivity index is 2.13. The van der Waals surface area contributed by atoms with E-state index < -0.39 is 5.97 Å². The molecule has 3 nitrogen and oxygen atoms in total. The molecular weight excluding hydrogens is 328 g/mol. The highest BCUT2D eigenvalue weighted by molar-refractivity contribution is 9.10. The molecule has 19 heavy (non-hydrogen) atoms. The molecule has 0 amide bonds. The van der Waals surface area contributed by atoms with Crippen LogP contribution in [0, 0.1) is 12.3 Å². The van der Waals surface area contributed by atoms with Crippen LogP contribution in [0.4, 0.5) is 0 Å². The lowest BCUT2D eigenvalue weighted by atomic mass is 9.78. The van der Waals surface area contributed by atoms with Crippen molar-refractivity contribution in [2.75, 3.05) is 0 Å². The van der Waals surface area contributed by atoms with Gasteiger partial charge in [-0.2, -0.15) is 0 Å². The zero-order valence-electron chi connectivity index (χ0n) is 10.9. The Hall–Kier alpha value is -0.680. The highest BCUT2D eigenvalue weighted by Crippen LogP contribution is 2.45. The van der Waals surface area contributed by atoms with Crippen LogP contribution < -0.4 is 0 Å². The monoisotopic (exact) mass is 344 g/mol. The minimum Gasteiger partial charge on any atom is -0.481 e. The molecule has 0 aliphatic heterocycles. The second kappa shape index (κ2) is 5.75. The Morgan fingerprint density at radius 2 is 2.00 bits per heavy atom. The Morgan fingerprint density at radius 1 is 1.37 bits per heavy atom. The Labute approximate surface area is 125 Å². The summed E-state index contributed by atoms with van der Waals surface area (Å²) in [4.78, 5) is 25.2. The number of carboxylic acids is 1. The average molecular weight is 345 g/mol. The summed E-state index contributed by atoms with van der Waals surface area (Å²) >= 11 is 4.89. The van der Waals surface area contributed by atoms with Crippen molar-refractivity contribution in [1.82, 2.24) is 0 Å². The van der Waals surface area contributed by atoms with Gasteiger partial charge in [-0.05, 0) is 47.2 Å². The first-order chi connectivity index (χ1) is 8.92. The van der Waals surface area contributed by atoms with Crippen molar-refractivity contribution in [2.45, 2.75) is 45.4 Å². The summed E-state index contributed by atoms with van der Waals surface area (Å²) in [6, 6.07) is 1.85. The van der Waals surface area contributed by atoms with Crippen LogP contribution >= 0.6 is 27.3 Å². The zero-order valence-corrected chi connectivity index (χ0v) is 13.3. The maximum Gasteiger partial charge on any atom is 0.303 e. The van der Waals surface area contributed by atoms with E-state index in [1.807, 2.05) is 13.0 Å². The van der Waals surface area contributed by atoms with Gasteiger partial charge in [0.25, 0.3) is 0 Å². The van der Waals surface area contributed by atoms with Crippen molar-refractivity contribution in [3.05, 3.63) is 20.3 Å². The fraction of sp³-hybridized carbons (Fsp3) is 0.571. The first-order valence-electron chi connectivity index (χ1n) is 6.43. The number of aryl methyl sites for hydroxylation is 1. The van der Waals surface area contributed by atoms with Crippen molar-refractivity contribution in [1.29, 1.82) is 0 Å². The van der Waals surface area contributed by atoms with Gasteiger partial charge in [0.2, 0.25) is 0 Å². The molecular formula is C14H17BrO3S. The molecule has 1 aliphatic carbocycles. The van der Waals surface area contributed by atoms with E-state index >= 15 is 0 Å². The van der Waals surface area contributed by atoms with E-state index in [4.69, 9.17) is 5.11 Å². The topological polar surface area (TPSA) is 54.4 Å². The summed E-state index contributed by atoms with van der Waals surface area (Å²) in [6.45, 7) is 1.97. The number of halogens is 1. The van der Waals surface area contributed by atoms with Crippen LogP contribution in [-0.4, -0.2) is 16.9 Å². The van der Waals surface area contributed by atoms with E-state index in [1.54, 1.807) is 0 Å². The molecule has 0 atom stereocenters. The largest absolute Gasteiger partial charge is 0.481 e. The molecule has 1 saturated carbocycles. The van der Waals surface area contributed by atoms with E-state index in [0.29, 0.717) is 6.42 Å². The first kappa shape index (κ1) is 14.7. The lowest BCUT2D eigenvalue weighted by molar-refractivity contribution is -0.139. The van der Waals surface area contributed by atoms with Crippen LogP contribution in [0.2, 0.25) is 0 Å². The van der Waals surface area contributed by atoms with Crippen molar-refractivity contribution in [3.63, 3.8) is 0 Å². The molecule has 0 bridgehead atoms. The van der Waals surface area contributed by atoms with Gasteiger partial charge in [0, 0.05) is 15.8 Å². The SMILES string of the molecule is Cc1sc(C(=O)CC2(CC(=O)O)CCCC2)cc1Br. The van der Waals surface area contributed by atoms with E-state index in [1.165, 1.54) is 11.3 Å². The van der Waals surface area contributed by atoms with Gasteiger partial charge in [-0.3, -0.25) is 9.59 Å². The Kier molecular flexibility index (Phi) is 4.46. The molecule has 1 N–H and O–H groups in total. The van der Waals surface area contributed by atoms with Crippen LogP contribution in [0.25, 0.3) is 0 Å². The number of thiophene rings is 1. The molecule has 1 heterocycles. The molecule has 5 heteroatoms. The fourth-order valence-corrected chi connectivity index (χ4v) is 4.36. The maximum absolute atomic E-state index is 12.3. The summed E-state index contributed by atoms with van der Waals surface area (Å²) < 4.78 is 0.958. The normalized spacial score (nSPS) is 17.6. The molecule has 104 valence electrons. The lowest BCUT2D eigenvalue weighted by Gasteiger charge is -2.25. The number of hydrogen-bond donors (Lipinski definition) is 1. The number of carboxylic acid groups (broad SMARTS) is 1. The third kappa shape index (κ3) is 3.45. The third-order valence-corrected chi connectivity index (χ3v) is 6.04. The van der Waals surface area contributed by atoms with E-state index in [9.17, 15) is 9.59 Å². The predicted octanol–water partition coefficient (Wildman–Crippen LogP) is 4.43. The van der Waals surface area contributed by atoms with Gasteiger partial charge in [-0.1, -0.05) is 12.8 Å². The number of rotatable bonds is 5. The van der Waals surface area contributed by atoms with E-state index in [2.05, 4.69) is 15.9 Å². The highest BCUT2D eigenvalue weighted by atomic mass is 79.9. The van der Waals surface area contributed by atoms with Crippen LogP contribution in [0.1, 0.15) is 53.1 Å². The van der Waals surface area contributed by atoms with Crippen LogP contribution in [0.5, 0.6) is 0 Å². The van der Waals surface area contributed by atoms with Gasteiger partial charge in [0.15, 0.2) is 5.78 Å². The minimum absolute atomic E-state index is 0.0851. The molecule has 1 fully saturated rings. The van der Waals surface area contributed by atoms with Crippen LogP contribution in [-0.2, 0) is 4.79 Å². The van der Waals surface area contributed by atoms with Crippen molar-refractivity contribution >= 4 is 39.0 Å². The number of carbonyl (C=O) groups excluding carboxylic acids is 1. The number of aliphatic carboxylic acids is 1. The maximum atomic E-state index is 12.3. The van der Waals surface area contributed by atoms with Gasteiger partial charge in [-0.15, -0.1) is 11.3 Å². The first-order valence-corrected chi connectivity index (χ1v) is 8.04. The minimum atomic E-state index is -0.793. The standard InChI is InChI=1S/C14H17BrO3S/c1-9-10(15)6-12(19-9)11(16)7-14(8-13(17)18)4-2-3-5-14/h6H,2-5,7-8H2,1H3,(H,17,18). The molecule has 1 aliphatic rings. The van der Waals surface area contributed by atoms with Crippen molar-refractivity contribution < 1.29 is 14.7 Å². The van der Waals surface area contributed by atoms with Crippen molar-refractivity contribution in [2.24, 2.45) is 5.41 Å². The summed E-state index contributed by atoms with van der Waals surface area (Å²) in [5, 5.41) is 9.05. The predicted molar refractivity (Wildman–Crippen MR) is 78.9 cm³/mol. The van der Waals surface area contributed by atoms with Gasteiger partial charge in [0.05, 0.1) is 11.3 Å². The molecule has 1 aromatic heterocycles. The lowest BCUT2D eigenvalue weighted by Crippen LogP contribution is -2.24. The summed E-state index contributed by atoms with van der Waals surface area (Å²) in [6.07, 6.45) is 4.27. The molecule has 0 radical (unpaired) electrons. The molecule has 0 spiro atoms. The van der Waals surface area contributed by atoms with Gasteiger partial charge in [-0.25, -0.2) is 0 Å². The third-order valence-electron chi connectivity index (χ3n) is 3.86. The molecule has 2 rings (SSSR count). The van der Waals surface area contributed by atoms with Gasteiger partial charge >= 0.3 is 5.97 Å². The van der Waals surface area contributed by atoms with Crippen LogP contribution in [0.15, 0.2) is 10.5 Å². The summed E-state index contributed by atoms with van der Waals surface area (Å²) in [7, 11) is 0. The molecule has 0 saturated heterocycles. The number of Topliss-reactive ketones (excluding diaryl/α,β-unsaturated/α-hetero) is 1. The number of hydrogen-bond acceptors (Lipinski definition) is 3. The number of ketones is 1. The smallest absolute Gasteiger partial charge is 0.303 e. The van der Waals surface area contributed by atoms with Gasteiger partial charge < -0.3 is 5.11 Å². The van der Waals surface area contributed by atoms with E-state index in [0.717, 1.165) is 39.9 Å². The van der Waals surface area contributed by atoms with Crippen molar-refractivity contribution in [3.8, 4) is 0 Å². The van der Waals surface area contributed by atoms with Gasteiger partial charge in [0.1, 0.15) is 0 Å². The van der Waals surface area contributed by atoms with Crippen LogP contribution in [0.3, 0.4) is 0 Å². The number of carbonyl (C=O) groups is 2. The molecule has 1 aromatic rings. The average Bonchev–Trinajstić information content (AvgIpc) is 2.87. The zero-order chi connectivity index (χ0) is 14.0. The Morgan fingerprint density at radius 3 is 2.47 bits per heavy atom. The Bertz CT molecular complexity index is 481. The summed E-state index contributed by atoms with van der Waals surface area (Å²) in [5.74, 6) is -0.708. The quantitative estimate of drug-likeness (QED) is 0.804. The second-order valence-electron chi connectivity index (χ2n) is 5.39. The molecule has 0 unspecified atom stereocenters.